The minimum Gasteiger partial charge on any atom is -0.355 e. The number of benzene rings is 1. The molecule has 1 aromatic rings. The van der Waals surface area contributed by atoms with Crippen LogP contribution in [0.5, 0.6) is 0 Å². The van der Waals surface area contributed by atoms with E-state index in [1.807, 2.05) is 6.92 Å². The number of amides is 4. The Hall–Kier alpha value is -2.57. The number of carbonyl (C=O) groups is 3. The van der Waals surface area contributed by atoms with Crippen molar-refractivity contribution < 1.29 is 14.4 Å². The third kappa shape index (κ3) is 5.98. The van der Waals surface area contributed by atoms with E-state index >= 15 is 0 Å². The summed E-state index contributed by atoms with van der Waals surface area (Å²) in [5.74, 6) is -0.329. The van der Waals surface area contributed by atoms with Crippen molar-refractivity contribution in [3.63, 3.8) is 0 Å². The SMILES string of the molecule is CCCNC(=O)CNC(=O)Nc1ccc(C(=O)NC2CC2)cc1. The van der Waals surface area contributed by atoms with E-state index in [0.29, 0.717) is 23.8 Å². The van der Waals surface area contributed by atoms with Crippen molar-refractivity contribution in [2.45, 2.75) is 32.2 Å². The highest BCUT2D eigenvalue weighted by atomic mass is 16.2. The molecule has 1 aliphatic rings. The lowest BCUT2D eigenvalue weighted by Crippen LogP contribution is -2.39. The summed E-state index contributed by atoms with van der Waals surface area (Å²) in [7, 11) is 0. The van der Waals surface area contributed by atoms with Crippen LogP contribution in [0, 0.1) is 0 Å². The van der Waals surface area contributed by atoms with Crippen molar-refractivity contribution in [3.8, 4) is 0 Å². The van der Waals surface area contributed by atoms with Crippen LogP contribution in [-0.2, 0) is 4.79 Å². The number of urea groups is 1. The minimum absolute atomic E-state index is 0.0757. The van der Waals surface area contributed by atoms with Gasteiger partial charge in [-0.05, 0) is 43.5 Å². The zero-order valence-corrected chi connectivity index (χ0v) is 13.1. The van der Waals surface area contributed by atoms with E-state index in [4.69, 9.17) is 0 Å². The van der Waals surface area contributed by atoms with E-state index in [1.165, 1.54) is 0 Å². The topological polar surface area (TPSA) is 99.3 Å². The van der Waals surface area contributed by atoms with Crippen molar-refractivity contribution >= 4 is 23.5 Å². The molecule has 23 heavy (non-hydrogen) atoms. The van der Waals surface area contributed by atoms with Gasteiger partial charge in [-0.15, -0.1) is 0 Å². The van der Waals surface area contributed by atoms with Gasteiger partial charge >= 0.3 is 6.03 Å². The van der Waals surface area contributed by atoms with Crippen molar-refractivity contribution in [3.05, 3.63) is 29.8 Å². The monoisotopic (exact) mass is 318 g/mol. The number of hydrogen-bond acceptors (Lipinski definition) is 3. The molecule has 7 heteroatoms. The molecule has 0 spiro atoms. The lowest BCUT2D eigenvalue weighted by molar-refractivity contribution is -0.120. The largest absolute Gasteiger partial charge is 0.355 e. The zero-order valence-electron chi connectivity index (χ0n) is 13.1. The molecule has 0 unspecified atom stereocenters. The molecule has 1 aromatic carbocycles. The molecular weight excluding hydrogens is 296 g/mol. The minimum atomic E-state index is -0.466. The third-order valence-corrected chi connectivity index (χ3v) is 3.30. The summed E-state index contributed by atoms with van der Waals surface area (Å²) in [4.78, 5) is 34.9. The smallest absolute Gasteiger partial charge is 0.319 e. The molecule has 1 fully saturated rings. The summed E-state index contributed by atoms with van der Waals surface area (Å²) >= 11 is 0. The van der Waals surface area contributed by atoms with Crippen molar-refractivity contribution in [2.24, 2.45) is 0 Å². The van der Waals surface area contributed by atoms with Crippen LogP contribution in [0.25, 0.3) is 0 Å². The summed E-state index contributed by atoms with van der Waals surface area (Å²) in [6.45, 7) is 2.47. The molecule has 0 saturated heterocycles. The Bertz CT molecular complexity index is 567. The van der Waals surface area contributed by atoms with Gasteiger partial charge in [-0.25, -0.2) is 4.79 Å². The maximum absolute atomic E-state index is 11.8. The molecule has 1 aliphatic carbocycles. The predicted octanol–water partition coefficient (Wildman–Crippen LogP) is 1.23. The highest BCUT2D eigenvalue weighted by Crippen LogP contribution is 2.19. The van der Waals surface area contributed by atoms with Crippen LogP contribution < -0.4 is 21.3 Å². The van der Waals surface area contributed by atoms with Crippen molar-refractivity contribution in [2.75, 3.05) is 18.4 Å². The summed E-state index contributed by atoms with van der Waals surface area (Å²) in [5, 5.41) is 10.6. The van der Waals surface area contributed by atoms with Gasteiger partial charge in [0.2, 0.25) is 5.91 Å². The molecule has 0 atom stereocenters. The molecule has 2 rings (SSSR count). The zero-order chi connectivity index (χ0) is 16.7. The van der Waals surface area contributed by atoms with Crippen LogP contribution in [-0.4, -0.2) is 37.0 Å². The third-order valence-electron chi connectivity index (χ3n) is 3.30. The fourth-order valence-electron chi connectivity index (χ4n) is 1.86. The van der Waals surface area contributed by atoms with E-state index < -0.39 is 6.03 Å². The van der Waals surface area contributed by atoms with Crippen LogP contribution >= 0.6 is 0 Å². The van der Waals surface area contributed by atoms with Crippen LogP contribution in [0.4, 0.5) is 10.5 Å². The average Bonchev–Trinajstić information content (AvgIpc) is 3.35. The van der Waals surface area contributed by atoms with E-state index in [2.05, 4.69) is 21.3 Å². The lowest BCUT2D eigenvalue weighted by atomic mass is 10.2. The fourth-order valence-corrected chi connectivity index (χ4v) is 1.86. The highest BCUT2D eigenvalue weighted by Gasteiger charge is 2.23. The van der Waals surface area contributed by atoms with Gasteiger partial charge in [0.15, 0.2) is 0 Å². The average molecular weight is 318 g/mol. The summed E-state index contributed by atoms with van der Waals surface area (Å²) in [6, 6.07) is 6.45. The highest BCUT2D eigenvalue weighted by molar-refractivity contribution is 5.96. The van der Waals surface area contributed by atoms with Crippen molar-refractivity contribution in [1.82, 2.24) is 16.0 Å². The van der Waals surface area contributed by atoms with Crippen LogP contribution in [0.15, 0.2) is 24.3 Å². The van der Waals surface area contributed by atoms with Gasteiger partial charge in [-0.2, -0.15) is 0 Å². The normalized spacial score (nSPS) is 13.1. The first-order chi connectivity index (χ1) is 11.1. The Morgan fingerprint density at radius 2 is 1.78 bits per heavy atom. The second-order valence-corrected chi connectivity index (χ2v) is 5.48. The number of hydrogen-bond donors (Lipinski definition) is 4. The molecule has 0 aliphatic heterocycles. The molecule has 0 heterocycles. The lowest BCUT2D eigenvalue weighted by Gasteiger charge is -2.09. The Morgan fingerprint density at radius 3 is 2.39 bits per heavy atom. The van der Waals surface area contributed by atoms with E-state index in [0.717, 1.165) is 19.3 Å². The van der Waals surface area contributed by atoms with Crippen LogP contribution in [0.1, 0.15) is 36.5 Å². The molecule has 1 saturated carbocycles. The van der Waals surface area contributed by atoms with Gasteiger partial charge < -0.3 is 21.3 Å². The van der Waals surface area contributed by atoms with Crippen LogP contribution in [0.3, 0.4) is 0 Å². The van der Waals surface area contributed by atoms with Gasteiger partial charge in [0.05, 0.1) is 6.54 Å². The summed E-state index contributed by atoms with van der Waals surface area (Å²) < 4.78 is 0. The fraction of sp³-hybridized carbons (Fsp3) is 0.438. The van der Waals surface area contributed by atoms with E-state index in [-0.39, 0.29) is 18.4 Å². The second kappa shape index (κ2) is 8.17. The number of anilines is 1. The molecule has 0 radical (unpaired) electrons. The standard InChI is InChI=1S/C16H22N4O3/c1-2-9-17-14(21)10-18-16(23)20-13-5-3-11(4-6-13)15(22)19-12-7-8-12/h3-6,12H,2,7-10H2,1H3,(H,17,21)(H,19,22)(H2,18,20,23). The molecule has 4 N–H and O–H groups in total. The van der Waals surface area contributed by atoms with Gasteiger partial charge in [-0.3, -0.25) is 9.59 Å². The van der Waals surface area contributed by atoms with Gasteiger partial charge in [0.25, 0.3) is 5.91 Å². The summed E-state index contributed by atoms with van der Waals surface area (Å²) in [6.07, 6.45) is 2.92. The molecule has 0 bridgehead atoms. The maximum Gasteiger partial charge on any atom is 0.319 e. The Labute approximate surface area is 135 Å². The van der Waals surface area contributed by atoms with Gasteiger partial charge in [0.1, 0.15) is 0 Å². The number of nitrogens with one attached hydrogen (secondary N) is 4. The predicted molar refractivity (Wildman–Crippen MR) is 87.3 cm³/mol. The quantitative estimate of drug-likeness (QED) is 0.608. The number of carbonyl (C=O) groups excluding carboxylic acids is 3. The Balaban J connectivity index is 1.75. The van der Waals surface area contributed by atoms with E-state index in [1.54, 1.807) is 24.3 Å². The first kappa shape index (κ1) is 16.8. The molecular formula is C16H22N4O3. The summed E-state index contributed by atoms with van der Waals surface area (Å²) in [5.41, 5.74) is 1.11. The molecule has 7 nitrogen and oxygen atoms in total. The van der Waals surface area contributed by atoms with Crippen molar-refractivity contribution in [1.29, 1.82) is 0 Å². The maximum atomic E-state index is 11.8. The van der Waals surface area contributed by atoms with Crippen LogP contribution in [0.2, 0.25) is 0 Å². The number of rotatable bonds is 7. The van der Waals surface area contributed by atoms with E-state index in [9.17, 15) is 14.4 Å². The first-order valence-electron chi connectivity index (χ1n) is 7.81. The Kier molecular flexibility index (Phi) is 5.96. The Morgan fingerprint density at radius 1 is 1.09 bits per heavy atom. The molecule has 124 valence electrons. The van der Waals surface area contributed by atoms with Gasteiger partial charge in [-0.1, -0.05) is 6.92 Å². The second-order valence-electron chi connectivity index (χ2n) is 5.48. The van der Waals surface area contributed by atoms with Gasteiger partial charge in [0, 0.05) is 23.8 Å². The molecule has 0 aromatic heterocycles. The molecule has 4 amide bonds. The first-order valence-corrected chi connectivity index (χ1v) is 7.81.